The molecule has 24 heavy (non-hydrogen) atoms. The van der Waals surface area contributed by atoms with Gasteiger partial charge >= 0.3 is 5.97 Å². The topological polar surface area (TPSA) is 55.8 Å². The second kappa shape index (κ2) is 7.05. The minimum absolute atomic E-state index is 0.195. The van der Waals surface area contributed by atoms with Crippen molar-refractivity contribution >= 4 is 5.97 Å². The number of carboxylic acid groups (broad SMARTS) is 1. The first-order valence-electron chi connectivity index (χ1n) is 7.51. The summed E-state index contributed by atoms with van der Waals surface area (Å²) in [7, 11) is 0. The molecule has 122 valence electrons. The molecule has 1 atom stereocenters. The molecule has 0 aromatic heterocycles. The molecule has 0 amide bonds. The van der Waals surface area contributed by atoms with E-state index in [0.717, 1.165) is 11.1 Å². The largest absolute Gasteiger partial charge is 0.481 e. The van der Waals surface area contributed by atoms with E-state index >= 15 is 0 Å². The van der Waals surface area contributed by atoms with Crippen LogP contribution in [0.5, 0.6) is 11.5 Å². The number of carbonyl (C=O) groups is 1. The lowest BCUT2D eigenvalue weighted by Gasteiger charge is -2.23. The zero-order valence-electron chi connectivity index (χ0n) is 12.8. The predicted molar refractivity (Wildman–Crippen MR) is 85.6 cm³/mol. The van der Waals surface area contributed by atoms with Crippen molar-refractivity contribution in [2.45, 2.75) is 18.9 Å². The Morgan fingerprint density at radius 2 is 2.08 bits per heavy atom. The summed E-state index contributed by atoms with van der Waals surface area (Å²) in [6.07, 6.45) is 0.319. The number of hydrogen-bond acceptors (Lipinski definition) is 3. The summed E-state index contributed by atoms with van der Waals surface area (Å²) in [5.41, 5.74) is 1.77. The average Bonchev–Trinajstić information content (AvgIpc) is 2.59. The molecular formula is C19H15FO4. The van der Waals surface area contributed by atoms with Gasteiger partial charge in [0.1, 0.15) is 23.9 Å². The highest BCUT2D eigenvalue weighted by molar-refractivity contribution is 5.73. The zero-order valence-corrected chi connectivity index (χ0v) is 12.8. The first kappa shape index (κ1) is 15.9. The van der Waals surface area contributed by atoms with Crippen LogP contribution in [0.1, 0.15) is 17.5 Å². The maximum absolute atomic E-state index is 12.8. The highest BCUT2D eigenvalue weighted by Crippen LogP contribution is 2.28. The zero-order chi connectivity index (χ0) is 16.9. The molecule has 1 heterocycles. The SMILES string of the molecule is O=C(O)C1CCc2cc(C#CCOc3ccc(F)cc3)ccc2O1. The highest BCUT2D eigenvalue weighted by Gasteiger charge is 2.25. The van der Waals surface area contributed by atoms with E-state index in [0.29, 0.717) is 24.3 Å². The van der Waals surface area contributed by atoms with E-state index < -0.39 is 12.1 Å². The maximum Gasteiger partial charge on any atom is 0.344 e. The Labute approximate surface area is 138 Å². The lowest BCUT2D eigenvalue weighted by atomic mass is 10.00. The molecule has 0 fully saturated rings. The van der Waals surface area contributed by atoms with Crippen molar-refractivity contribution in [1.29, 1.82) is 0 Å². The third-order valence-electron chi connectivity index (χ3n) is 3.64. The molecule has 0 bridgehead atoms. The minimum atomic E-state index is -0.942. The molecule has 5 heteroatoms. The summed E-state index contributed by atoms with van der Waals surface area (Å²) < 4.78 is 23.6. The Kier molecular flexibility index (Phi) is 4.66. The van der Waals surface area contributed by atoms with Gasteiger partial charge in [-0.25, -0.2) is 9.18 Å². The molecule has 1 aliphatic rings. The van der Waals surface area contributed by atoms with Crippen LogP contribution >= 0.6 is 0 Å². The van der Waals surface area contributed by atoms with Crippen molar-refractivity contribution in [3.8, 4) is 23.3 Å². The summed E-state index contributed by atoms with van der Waals surface area (Å²) >= 11 is 0. The fourth-order valence-corrected chi connectivity index (χ4v) is 2.43. The monoisotopic (exact) mass is 326 g/mol. The summed E-state index contributed by atoms with van der Waals surface area (Å²) in [5.74, 6) is 5.79. The normalized spacial score (nSPS) is 15.5. The minimum Gasteiger partial charge on any atom is -0.481 e. The summed E-state index contributed by atoms with van der Waals surface area (Å²) in [6, 6.07) is 11.2. The van der Waals surface area contributed by atoms with Crippen LogP contribution in [0.3, 0.4) is 0 Å². The fourth-order valence-electron chi connectivity index (χ4n) is 2.43. The quantitative estimate of drug-likeness (QED) is 0.881. The van der Waals surface area contributed by atoms with E-state index in [9.17, 15) is 9.18 Å². The number of carboxylic acids is 1. The van der Waals surface area contributed by atoms with Gasteiger partial charge in [-0.15, -0.1) is 0 Å². The smallest absolute Gasteiger partial charge is 0.344 e. The molecule has 0 radical (unpaired) electrons. The van der Waals surface area contributed by atoms with Gasteiger partial charge < -0.3 is 14.6 Å². The third-order valence-corrected chi connectivity index (χ3v) is 3.64. The Hall–Kier alpha value is -3.00. The van der Waals surface area contributed by atoms with Gasteiger partial charge in [-0.3, -0.25) is 0 Å². The summed E-state index contributed by atoms with van der Waals surface area (Å²) in [6.45, 7) is 0.195. The van der Waals surface area contributed by atoms with Crippen molar-refractivity contribution in [3.63, 3.8) is 0 Å². The molecular weight excluding hydrogens is 311 g/mol. The van der Waals surface area contributed by atoms with Crippen molar-refractivity contribution in [2.75, 3.05) is 6.61 Å². The molecule has 0 spiro atoms. The lowest BCUT2D eigenvalue weighted by Crippen LogP contribution is -2.30. The Bertz CT molecular complexity index is 802. The number of rotatable bonds is 3. The number of aryl methyl sites for hydroxylation is 1. The van der Waals surface area contributed by atoms with Crippen molar-refractivity contribution in [1.82, 2.24) is 0 Å². The Balaban J connectivity index is 1.61. The van der Waals surface area contributed by atoms with Crippen LogP contribution in [-0.2, 0) is 11.2 Å². The van der Waals surface area contributed by atoms with E-state index in [1.165, 1.54) is 12.1 Å². The highest BCUT2D eigenvalue weighted by atomic mass is 19.1. The number of hydrogen-bond donors (Lipinski definition) is 1. The molecule has 2 aromatic rings. The fraction of sp³-hybridized carbons (Fsp3) is 0.211. The molecule has 1 N–H and O–H groups in total. The first-order valence-corrected chi connectivity index (χ1v) is 7.51. The molecule has 2 aromatic carbocycles. The third kappa shape index (κ3) is 3.85. The first-order chi connectivity index (χ1) is 11.6. The van der Waals surface area contributed by atoms with Crippen molar-refractivity contribution in [3.05, 3.63) is 59.4 Å². The molecule has 0 saturated heterocycles. The van der Waals surface area contributed by atoms with Crippen LogP contribution < -0.4 is 9.47 Å². The number of fused-ring (bicyclic) bond motifs is 1. The standard InChI is InChI=1S/C19H15FO4/c20-15-5-7-16(8-6-15)23-11-1-2-13-3-9-17-14(12-13)4-10-18(24-17)19(21)22/h3,5-9,12,18H,4,10-11H2,(H,21,22). The van der Waals surface area contributed by atoms with Crippen LogP contribution in [0.25, 0.3) is 0 Å². The molecule has 4 nitrogen and oxygen atoms in total. The van der Waals surface area contributed by atoms with Gasteiger partial charge in [-0.2, -0.15) is 0 Å². The molecule has 1 unspecified atom stereocenters. The van der Waals surface area contributed by atoms with Crippen LogP contribution in [0.4, 0.5) is 4.39 Å². The van der Waals surface area contributed by atoms with Gasteiger partial charge in [0.2, 0.25) is 0 Å². The van der Waals surface area contributed by atoms with Crippen LogP contribution in [0.15, 0.2) is 42.5 Å². The van der Waals surface area contributed by atoms with Crippen LogP contribution in [0.2, 0.25) is 0 Å². The van der Waals surface area contributed by atoms with E-state index in [1.54, 1.807) is 24.3 Å². The molecule has 0 saturated carbocycles. The van der Waals surface area contributed by atoms with E-state index in [2.05, 4.69) is 11.8 Å². The molecule has 1 aliphatic heterocycles. The van der Waals surface area contributed by atoms with E-state index in [4.69, 9.17) is 14.6 Å². The second-order valence-corrected chi connectivity index (χ2v) is 5.35. The lowest BCUT2D eigenvalue weighted by molar-refractivity contribution is -0.145. The van der Waals surface area contributed by atoms with Gasteiger partial charge in [0, 0.05) is 5.56 Å². The number of aliphatic carboxylic acids is 1. The summed E-state index contributed by atoms with van der Waals surface area (Å²) in [5, 5.41) is 8.99. The van der Waals surface area contributed by atoms with E-state index in [-0.39, 0.29) is 12.4 Å². The predicted octanol–water partition coefficient (Wildman–Crippen LogP) is 3.03. The van der Waals surface area contributed by atoms with Crippen LogP contribution in [-0.4, -0.2) is 23.8 Å². The van der Waals surface area contributed by atoms with Gasteiger partial charge in [-0.1, -0.05) is 11.8 Å². The molecule has 3 rings (SSSR count). The molecule has 0 aliphatic carbocycles. The number of benzene rings is 2. The van der Waals surface area contributed by atoms with Gasteiger partial charge in [0.05, 0.1) is 0 Å². The number of halogens is 1. The van der Waals surface area contributed by atoms with Crippen LogP contribution in [0, 0.1) is 17.7 Å². The number of ether oxygens (including phenoxy) is 2. The average molecular weight is 326 g/mol. The van der Waals surface area contributed by atoms with Gasteiger partial charge in [0.15, 0.2) is 6.10 Å². The summed E-state index contributed by atoms with van der Waals surface area (Å²) in [4.78, 5) is 11.0. The Morgan fingerprint density at radius 3 is 2.83 bits per heavy atom. The van der Waals surface area contributed by atoms with Gasteiger partial charge in [0.25, 0.3) is 0 Å². The Morgan fingerprint density at radius 1 is 1.29 bits per heavy atom. The maximum atomic E-state index is 12.8. The second-order valence-electron chi connectivity index (χ2n) is 5.35. The van der Waals surface area contributed by atoms with Gasteiger partial charge in [-0.05, 0) is 60.9 Å². The van der Waals surface area contributed by atoms with E-state index in [1.807, 2.05) is 6.07 Å². The van der Waals surface area contributed by atoms with Crippen molar-refractivity contribution < 1.29 is 23.8 Å². The van der Waals surface area contributed by atoms with Crippen molar-refractivity contribution in [2.24, 2.45) is 0 Å².